The Labute approximate surface area is 165 Å². The topological polar surface area (TPSA) is 57.7 Å². The minimum atomic E-state index is -3.49. The fourth-order valence-corrected chi connectivity index (χ4v) is 5.16. The summed E-state index contributed by atoms with van der Waals surface area (Å²) in [4.78, 5) is 13.8. The Morgan fingerprint density at radius 3 is 2.21 bits per heavy atom. The number of hydrogen-bond donors (Lipinski definition) is 0. The molecule has 1 aliphatic carbocycles. The van der Waals surface area contributed by atoms with Gasteiger partial charge < -0.3 is 4.90 Å². The molecule has 0 radical (unpaired) electrons. The van der Waals surface area contributed by atoms with Gasteiger partial charge in [0.25, 0.3) is 6.43 Å². The summed E-state index contributed by atoms with van der Waals surface area (Å²) in [6, 6.07) is 6.55. The first kappa shape index (κ1) is 21.2. The molecule has 1 aliphatic heterocycles. The van der Waals surface area contributed by atoms with Crippen molar-refractivity contribution in [3.8, 4) is 0 Å². The van der Waals surface area contributed by atoms with Crippen molar-refractivity contribution in [3.63, 3.8) is 0 Å². The van der Waals surface area contributed by atoms with Crippen molar-refractivity contribution in [2.45, 2.75) is 68.7 Å². The number of rotatable bonds is 8. The molecule has 1 amide bonds. The zero-order valence-electron chi connectivity index (χ0n) is 16.0. The van der Waals surface area contributed by atoms with Crippen LogP contribution in [0.5, 0.6) is 0 Å². The van der Waals surface area contributed by atoms with Crippen molar-refractivity contribution in [1.82, 2.24) is 9.21 Å². The zero-order chi connectivity index (χ0) is 20.1. The maximum absolute atomic E-state index is 12.8. The predicted octanol–water partition coefficient (Wildman–Crippen LogP) is 3.44. The summed E-state index contributed by atoms with van der Waals surface area (Å²) in [6.45, 7) is 0.607. The van der Waals surface area contributed by atoms with E-state index in [1.807, 2.05) is 0 Å². The number of halogens is 2. The molecule has 0 spiro atoms. The van der Waals surface area contributed by atoms with Gasteiger partial charge in [0.2, 0.25) is 15.9 Å². The van der Waals surface area contributed by atoms with Gasteiger partial charge in [-0.05, 0) is 49.8 Å². The first-order valence-electron chi connectivity index (χ1n) is 10.0. The van der Waals surface area contributed by atoms with Gasteiger partial charge in [0.1, 0.15) is 0 Å². The molecule has 1 aromatic carbocycles. The molecule has 0 aromatic heterocycles. The van der Waals surface area contributed by atoms with E-state index in [0.717, 1.165) is 44.1 Å². The summed E-state index contributed by atoms with van der Waals surface area (Å²) in [5, 5.41) is 0. The minimum Gasteiger partial charge on any atom is -0.334 e. The Balaban J connectivity index is 1.58. The molecule has 0 atom stereocenters. The molecule has 1 heterocycles. The lowest BCUT2D eigenvalue weighted by atomic mass is 10.1. The highest BCUT2D eigenvalue weighted by Crippen LogP contribution is 2.28. The van der Waals surface area contributed by atoms with Gasteiger partial charge in [0.15, 0.2) is 0 Å². The van der Waals surface area contributed by atoms with Crippen LogP contribution in [0, 0.1) is 0 Å². The lowest BCUT2D eigenvalue weighted by Crippen LogP contribution is -2.37. The molecular weight excluding hydrogens is 386 g/mol. The molecular formula is C20H28F2N2O3S. The molecule has 0 N–H and O–H groups in total. The average Bonchev–Trinajstić information content (AvgIpc) is 3.51. The third-order valence-corrected chi connectivity index (χ3v) is 7.31. The molecule has 2 fully saturated rings. The van der Waals surface area contributed by atoms with Crippen molar-refractivity contribution in [2.24, 2.45) is 0 Å². The Bertz CT molecular complexity index is 756. The minimum absolute atomic E-state index is 0.0392. The van der Waals surface area contributed by atoms with Crippen molar-refractivity contribution in [2.75, 3.05) is 19.6 Å². The Kier molecular flexibility index (Phi) is 7.04. The van der Waals surface area contributed by atoms with E-state index in [1.54, 1.807) is 28.6 Å². The number of alkyl halides is 2. The standard InChI is InChI=1S/C20H28F2N2O3S/c21-19(22)15-24(17-8-9-17)20(25)12-7-16-5-10-18(11-6-16)28(26,27)23-13-3-1-2-4-14-23/h5-6,10-11,17,19H,1-4,7-9,12-15H2. The van der Waals surface area contributed by atoms with Crippen LogP contribution in [0.2, 0.25) is 0 Å². The van der Waals surface area contributed by atoms with Crippen LogP contribution in [0.25, 0.3) is 0 Å². The largest absolute Gasteiger partial charge is 0.334 e. The highest BCUT2D eigenvalue weighted by Gasteiger charge is 2.33. The lowest BCUT2D eigenvalue weighted by Gasteiger charge is -2.22. The fourth-order valence-electron chi connectivity index (χ4n) is 3.64. The predicted molar refractivity (Wildman–Crippen MR) is 103 cm³/mol. The van der Waals surface area contributed by atoms with Gasteiger partial charge >= 0.3 is 0 Å². The highest BCUT2D eigenvalue weighted by molar-refractivity contribution is 7.89. The SMILES string of the molecule is O=C(CCc1ccc(S(=O)(=O)N2CCCCCC2)cc1)N(CC(F)F)C1CC1. The highest BCUT2D eigenvalue weighted by atomic mass is 32.2. The first-order valence-corrected chi connectivity index (χ1v) is 11.5. The Hall–Kier alpha value is -1.54. The molecule has 1 saturated carbocycles. The maximum Gasteiger partial charge on any atom is 0.255 e. The number of sulfonamides is 1. The molecule has 1 aromatic rings. The number of aryl methyl sites for hydroxylation is 1. The van der Waals surface area contributed by atoms with E-state index in [0.29, 0.717) is 19.5 Å². The molecule has 0 bridgehead atoms. The van der Waals surface area contributed by atoms with Crippen LogP contribution in [0.3, 0.4) is 0 Å². The third-order valence-electron chi connectivity index (χ3n) is 5.40. The van der Waals surface area contributed by atoms with Crippen LogP contribution >= 0.6 is 0 Å². The van der Waals surface area contributed by atoms with Crippen molar-refractivity contribution in [3.05, 3.63) is 29.8 Å². The van der Waals surface area contributed by atoms with E-state index in [2.05, 4.69) is 0 Å². The quantitative estimate of drug-likeness (QED) is 0.655. The van der Waals surface area contributed by atoms with E-state index < -0.39 is 23.0 Å². The monoisotopic (exact) mass is 414 g/mol. The van der Waals surface area contributed by atoms with Crippen LogP contribution in [-0.4, -0.2) is 55.6 Å². The summed E-state index contributed by atoms with van der Waals surface area (Å²) in [5.41, 5.74) is 0.830. The summed E-state index contributed by atoms with van der Waals surface area (Å²) in [6.07, 6.45) is 3.52. The van der Waals surface area contributed by atoms with E-state index in [9.17, 15) is 22.0 Å². The summed E-state index contributed by atoms with van der Waals surface area (Å²) in [7, 11) is -3.49. The molecule has 28 heavy (non-hydrogen) atoms. The second-order valence-electron chi connectivity index (χ2n) is 7.63. The van der Waals surface area contributed by atoms with Gasteiger partial charge in [0.05, 0.1) is 11.4 Å². The Morgan fingerprint density at radius 1 is 1.07 bits per heavy atom. The maximum atomic E-state index is 12.8. The van der Waals surface area contributed by atoms with Gasteiger partial charge in [-0.15, -0.1) is 0 Å². The second kappa shape index (κ2) is 9.31. The number of hydrogen-bond acceptors (Lipinski definition) is 3. The molecule has 5 nitrogen and oxygen atoms in total. The number of carbonyl (C=O) groups is 1. The van der Waals surface area contributed by atoms with Crippen LogP contribution in [0.4, 0.5) is 8.78 Å². The first-order chi connectivity index (χ1) is 13.4. The van der Waals surface area contributed by atoms with Crippen molar-refractivity contribution in [1.29, 1.82) is 0 Å². The van der Waals surface area contributed by atoms with Gasteiger partial charge in [-0.3, -0.25) is 4.79 Å². The molecule has 8 heteroatoms. The van der Waals surface area contributed by atoms with E-state index in [4.69, 9.17) is 0 Å². The van der Waals surface area contributed by atoms with Crippen LogP contribution in [0.15, 0.2) is 29.2 Å². The zero-order valence-corrected chi connectivity index (χ0v) is 16.8. The number of nitrogens with zero attached hydrogens (tertiary/aromatic N) is 2. The third kappa shape index (κ3) is 5.50. The molecule has 1 saturated heterocycles. The normalized spacial score (nSPS) is 18.8. The van der Waals surface area contributed by atoms with E-state index >= 15 is 0 Å². The average molecular weight is 415 g/mol. The van der Waals surface area contributed by atoms with Gasteiger partial charge in [-0.25, -0.2) is 17.2 Å². The van der Waals surface area contributed by atoms with Gasteiger partial charge in [-0.2, -0.15) is 4.31 Å². The second-order valence-corrected chi connectivity index (χ2v) is 9.57. The van der Waals surface area contributed by atoms with Gasteiger partial charge in [-0.1, -0.05) is 25.0 Å². The van der Waals surface area contributed by atoms with Gasteiger partial charge in [0, 0.05) is 25.6 Å². The molecule has 0 unspecified atom stereocenters. The van der Waals surface area contributed by atoms with E-state index in [1.165, 1.54) is 4.90 Å². The number of carbonyl (C=O) groups excluding carboxylic acids is 1. The Morgan fingerprint density at radius 2 is 1.68 bits per heavy atom. The van der Waals surface area contributed by atoms with Crippen LogP contribution in [0.1, 0.15) is 50.5 Å². The summed E-state index contributed by atoms with van der Waals surface area (Å²) < 4.78 is 52.5. The van der Waals surface area contributed by atoms with Crippen LogP contribution in [-0.2, 0) is 21.2 Å². The van der Waals surface area contributed by atoms with E-state index in [-0.39, 0.29) is 23.3 Å². The summed E-state index contributed by atoms with van der Waals surface area (Å²) in [5.74, 6) is -0.260. The fraction of sp³-hybridized carbons (Fsp3) is 0.650. The number of amides is 1. The summed E-state index contributed by atoms with van der Waals surface area (Å²) >= 11 is 0. The molecule has 2 aliphatic rings. The molecule has 156 valence electrons. The molecule has 3 rings (SSSR count). The smallest absolute Gasteiger partial charge is 0.255 e. The van der Waals surface area contributed by atoms with Crippen molar-refractivity contribution < 1.29 is 22.0 Å². The number of benzene rings is 1. The van der Waals surface area contributed by atoms with Crippen molar-refractivity contribution >= 4 is 15.9 Å². The van der Waals surface area contributed by atoms with Crippen LogP contribution < -0.4 is 0 Å². The lowest BCUT2D eigenvalue weighted by molar-refractivity contribution is -0.133.